The monoisotopic (exact) mass is 295 g/mol. The lowest BCUT2D eigenvalue weighted by atomic mass is 10.1. The fraction of sp³-hybridized carbons (Fsp3) is 0.167. The van der Waals surface area contributed by atoms with Crippen LogP contribution >= 0.6 is 15.9 Å². The van der Waals surface area contributed by atoms with Crippen molar-refractivity contribution in [1.29, 1.82) is 0 Å². The summed E-state index contributed by atoms with van der Waals surface area (Å²) in [5, 5.41) is 12.4. The number of carbonyl (C=O) groups is 1. The number of aryl methyl sites for hydroxylation is 1. The fourth-order valence-electron chi connectivity index (χ4n) is 1.41. The molecule has 0 fully saturated rings. The first-order valence-corrected chi connectivity index (χ1v) is 5.88. The van der Waals surface area contributed by atoms with Crippen molar-refractivity contribution in [2.24, 2.45) is 0 Å². The number of aliphatic carboxylic acids is 1. The first-order valence-electron chi connectivity index (χ1n) is 5.08. The van der Waals surface area contributed by atoms with E-state index in [0.717, 1.165) is 10.0 Å². The number of nitrogens with zero attached hydrogens (tertiary/aromatic N) is 1. The average Bonchev–Trinajstić information content (AvgIpc) is 2.76. The van der Waals surface area contributed by atoms with Crippen LogP contribution in [0.5, 0.6) is 0 Å². The zero-order chi connectivity index (χ0) is 12.3. The van der Waals surface area contributed by atoms with E-state index in [1.807, 2.05) is 24.3 Å². The highest BCUT2D eigenvalue weighted by molar-refractivity contribution is 9.10. The Morgan fingerprint density at radius 1 is 1.35 bits per heavy atom. The Kier molecular flexibility index (Phi) is 3.58. The van der Waals surface area contributed by atoms with E-state index in [1.165, 1.54) is 0 Å². The predicted molar refractivity (Wildman–Crippen MR) is 65.6 cm³/mol. The van der Waals surface area contributed by atoms with Crippen molar-refractivity contribution in [2.45, 2.75) is 12.8 Å². The van der Waals surface area contributed by atoms with Crippen LogP contribution < -0.4 is 0 Å². The molecule has 0 amide bonds. The summed E-state index contributed by atoms with van der Waals surface area (Å²) in [6, 6.07) is 9.41. The van der Waals surface area contributed by atoms with Gasteiger partial charge in [-0.15, -0.1) is 0 Å². The molecule has 1 aromatic carbocycles. The van der Waals surface area contributed by atoms with Crippen LogP contribution in [0.4, 0.5) is 0 Å². The molecule has 0 unspecified atom stereocenters. The Hall–Kier alpha value is -1.62. The highest BCUT2D eigenvalue weighted by atomic mass is 79.9. The van der Waals surface area contributed by atoms with Crippen molar-refractivity contribution < 1.29 is 14.4 Å². The van der Waals surface area contributed by atoms with Gasteiger partial charge in [-0.3, -0.25) is 4.79 Å². The zero-order valence-electron chi connectivity index (χ0n) is 8.89. The maximum absolute atomic E-state index is 10.4. The van der Waals surface area contributed by atoms with Crippen LogP contribution in [0.2, 0.25) is 0 Å². The van der Waals surface area contributed by atoms with Crippen molar-refractivity contribution in [2.75, 3.05) is 0 Å². The molecule has 2 rings (SSSR count). The molecule has 0 atom stereocenters. The molecule has 4 nitrogen and oxygen atoms in total. The number of carboxylic acids is 1. The van der Waals surface area contributed by atoms with Gasteiger partial charge >= 0.3 is 5.97 Å². The molecule has 5 heteroatoms. The molecule has 0 bridgehead atoms. The molecule has 1 heterocycles. The first kappa shape index (κ1) is 11.9. The summed E-state index contributed by atoms with van der Waals surface area (Å²) in [4.78, 5) is 10.4. The van der Waals surface area contributed by atoms with E-state index < -0.39 is 5.97 Å². The van der Waals surface area contributed by atoms with Gasteiger partial charge in [0.05, 0.1) is 12.1 Å². The van der Waals surface area contributed by atoms with Crippen LogP contribution in [0.1, 0.15) is 12.1 Å². The largest absolute Gasteiger partial charge is 0.481 e. The predicted octanol–water partition coefficient (Wildman–Crippen LogP) is 3.12. The van der Waals surface area contributed by atoms with E-state index in [4.69, 9.17) is 9.63 Å². The second-order valence-electron chi connectivity index (χ2n) is 3.58. The van der Waals surface area contributed by atoms with Crippen LogP contribution in [0, 0.1) is 0 Å². The smallest absolute Gasteiger partial charge is 0.303 e. The maximum atomic E-state index is 10.4. The Morgan fingerprint density at radius 2 is 2.06 bits per heavy atom. The zero-order valence-corrected chi connectivity index (χ0v) is 10.5. The summed E-state index contributed by atoms with van der Waals surface area (Å²) < 4.78 is 6.16. The van der Waals surface area contributed by atoms with Gasteiger partial charge in [-0.25, -0.2) is 0 Å². The molecular formula is C12H10BrNO3. The topological polar surface area (TPSA) is 63.3 Å². The normalized spacial score (nSPS) is 10.4. The number of benzene rings is 1. The van der Waals surface area contributed by atoms with Crippen molar-refractivity contribution in [3.05, 3.63) is 40.5 Å². The third-order valence-corrected chi connectivity index (χ3v) is 2.81. The van der Waals surface area contributed by atoms with Crippen molar-refractivity contribution in [3.63, 3.8) is 0 Å². The molecular weight excluding hydrogens is 286 g/mol. The van der Waals surface area contributed by atoms with Gasteiger partial charge in [-0.2, -0.15) is 0 Å². The number of aromatic nitrogens is 1. The van der Waals surface area contributed by atoms with Crippen LogP contribution in [0.25, 0.3) is 11.3 Å². The van der Waals surface area contributed by atoms with Crippen molar-refractivity contribution >= 4 is 21.9 Å². The van der Waals surface area contributed by atoms with Gasteiger partial charge in [0, 0.05) is 22.5 Å². The molecule has 0 saturated heterocycles. The molecule has 17 heavy (non-hydrogen) atoms. The van der Waals surface area contributed by atoms with Crippen LogP contribution in [0.3, 0.4) is 0 Å². The lowest BCUT2D eigenvalue weighted by Crippen LogP contribution is -1.97. The van der Waals surface area contributed by atoms with Crippen molar-refractivity contribution in [3.8, 4) is 11.3 Å². The maximum Gasteiger partial charge on any atom is 0.303 e. The number of halogens is 1. The molecule has 1 N–H and O–H groups in total. The highest BCUT2D eigenvalue weighted by Gasteiger charge is 2.08. The minimum atomic E-state index is -0.835. The Bertz CT molecular complexity index is 519. The Balaban J connectivity index is 2.12. The summed E-state index contributed by atoms with van der Waals surface area (Å²) in [5.74, 6) is -0.184. The first-order chi connectivity index (χ1) is 8.15. The number of rotatable bonds is 4. The molecule has 0 spiro atoms. The second kappa shape index (κ2) is 5.14. The summed E-state index contributed by atoms with van der Waals surface area (Å²) in [7, 11) is 0. The third-order valence-electron chi connectivity index (χ3n) is 2.28. The van der Waals surface area contributed by atoms with Gasteiger partial charge in [0.25, 0.3) is 0 Å². The standard InChI is InChI=1S/C12H10BrNO3/c13-9-3-1-8(2-4-9)11-7-10(14-17-11)5-6-12(15)16/h1-4,7H,5-6H2,(H,15,16). The number of hydrogen-bond donors (Lipinski definition) is 1. The van der Waals surface area contributed by atoms with E-state index >= 15 is 0 Å². The van der Waals surface area contributed by atoms with E-state index in [9.17, 15) is 4.79 Å². The Labute approximate surface area is 106 Å². The van der Waals surface area contributed by atoms with E-state index in [0.29, 0.717) is 17.9 Å². The number of hydrogen-bond acceptors (Lipinski definition) is 3. The minimum Gasteiger partial charge on any atom is -0.481 e. The summed E-state index contributed by atoms with van der Waals surface area (Å²) in [5.41, 5.74) is 1.58. The second-order valence-corrected chi connectivity index (χ2v) is 4.50. The molecule has 0 aliphatic rings. The van der Waals surface area contributed by atoms with Gasteiger partial charge in [-0.05, 0) is 12.1 Å². The van der Waals surface area contributed by atoms with Gasteiger partial charge < -0.3 is 9.63 Å². The Morgan fingerprint density at radius 3 is 2.71 bits per heavy atom. The van der Waals surface area contributed by atoms with Gasteiger partial charge in [0.2, 0.25) is 0 Å². The molecule has 0 saturated carbocycles. The van der Waals surface area contributed by atoms with E-state index in [-0.39, 0.29) is 6.42 Å². The SMILES string of the molecule is O=C(O)CCc1cc(-c2ccc(Br)cc2)on1. The lowest BCUT2D eigenvalue weighted by molar-refractivity contribution is -0.136. The van der Waals surface area contributed by atoms with E-state index in [1.54, 1.807) is 6.07 Å². The van der Waals surface area contributed by atoms with E-state index in [2.05, 4.69) is 21.1 Å². The van der Waals surface area contributed by atoms with Crippen LogP contribution in [-0.2, 0) is 11.2 Å². The molecule has 1 aromatic heterocycles. The highest BCUT2D eigenvalue weighted by Crippen LogP contribution is 2.22. The third kappa shape index (κ3) is 3.17. The molecule has 0 aliphatic carbocycles. The summed E-state index contributed by atoms with van der Waals surface area (Å²) in [6.45, 7) is 0. The molecule has 2 aromatic rings. The van der Waals surface area contributed by atoms with Crippen molar-refractivity contribution in [1.82, 2.24) is 5.16 Å². The summed E-state index contributed by atoms with van der Waals surface area (Å²) in [6.07, 6.45) is 0.446. The fourth-order valence-corrected chi connectivity index (χ4v) is 1.68. The lowest BCUT2D eigenvalue weighted by Gasteiger charge is -1.94. The number of carboxylic acid groups (broad SMARTS) is 1. The average molecular weight is 296 g/mol. The quantitative estimate of drug-likeness (QED) is 0.941. The summed E-state index contributed by atoms with van der Waals surface area (Å²) >= 11 is 3.35. The van der Waals surface area contributed by atoms with Gasteiger partial charge in [-0.1, -0.05) is 33.2 Å². The minimum absolute atomic E-state index is 0.0618. The van der Waals surface area contributed by atoms with Gasteiger partial charge in [0.15, 0.2) is 5.76 Å². The molecule has 0 radical (unpaired) electrons. The van der Waals surface area contributed by atoms with Crippen LogP contribution in [0.15, 0.2) is 39.3 Å². The van der Waals surface area contributed by atoms with Crippen LogP contribution in [-0.4, -0.2) is 16.2 Å². The molecule has 0 aliphatic heterocycles. The van der Waals surface area contributed by atoms with Gasteiger partial charge in [0.1, 0.15) is 0 Å². The molecule has 88 valence electrons.